The first-order valence-electron chi connectivity index (χ1n) is 2.84. The Morgan fingerprint density at radius 1 is 1.50 bits per heavy atom. The van der Waals surface area contributed by atoms with Crippen LogP contribution in [0.15, 0.2) is 24.3 Å². The second-order valence-corrected chi connectivity index (χ2v) is 1.87. The molecule has 0 fully saturated rings. The molecule has 0 aliphatic rings. The third kappa shape index (κ3) is 1.37. The molecular formula is C7H5BNO. The normalized spacial score (nSPS) is 8.40. The predicted octanol–water partition coefficient (Wildman–Crippen LogP) is -0.205. The molecule has 0 atom stereocenters. The van der Waals surface area contributed by atoms with Crippen LogP contribution in [0.2, 0.25) is 0 Å². The van der Waals surface area contributed by atoms with Crippen molar-refractivity contribution in [1.82, 2.24) is 0 Å². The van der Waals surface area contributed by atoms with Crippen molar-refractivity contribution < 1.29 is 5.02 Å². The molecule has 0 unspecified atom stereocenters. The molecule has 1 aromatic carbocycles. The Morgan fingerprint density at radius 2 is 2.30 bits per heavy atom. The van der Waals surface area contributed by atoms with E-state index in [2.05, 4.69) is 0 Å². The summed E-state index contributed by atoms with van der Waals surface area (Å²) in [7, 11) is 0.973. The fraction of sp³-hybridized carbons (Fsp3) is 0. The minimum Gasteiger partial charge on any atom is -0.450 e. The monoisotopic (exact) mass is 130 g/mol. The molecule has 1 rings (SSSR count). The van der Waals surface area contributed by atoms with Crippen LogP contribution in [0.3, 0.4) is 0 Å². The van der Waals surface area contributed by atoms with Gasteiger partial charge in [-0.3, -0.25) is 0 Å². The lowest BCUT2D eigenvalue weighted by molar-refractivity contribution is 0.615. The Morgan fingerprint density at radius 3 is 2.90 bits per heavy atom. The van der Waals surface area contributed by atoms with Crippen molar-refractivity contribution in [3.8, 4) is 6.07 Å². The topological polar surface area (TPSA) is 44.0 Å². The van der Waals surface area contributed by atoms with Crippen LogP contribution in [0, 0.1) is 11.3 Å². The molecule has 1 aromatic rings. The fourth-order valence-corrected chi connectivity index (χ4v) is 0.689. The highest BCUT2D eigenvalue weighted by Crippen LogP contribution is 1.91. The van der Waals surface area contributed by atoms with Crippen LogP contribution in [0.1, 0.15) is 5.56 Å². The van der Waals surface area contributed by atoms with E-state index in [4.69, 9.17) is 10.3 Å². The summed E-state index contributed by atoms with van der Waals surface area (Å²) in [6.07, 6.45) is 0. The van der Waals surface area contributed by atoms with Crippen LogP contribution in [-0.2, 0) is 0 Å². The Bertz CT molecular complexity index is 267. The molecule has 47 valence electrons. The third-order valence-corrected chi connectivity index (χ3v) is 1.16. The van der Waals surface area contributed by atoms with Gasteiger partial charge >= 0.3 is 7.48 Å². The summed E-state index contributed by atoms with van der Waals surface area (Å²) in [6, 6.07) is 8.72. The van der Waals surface area contributed by atoms with Gasteiger partial charge in [-0.1, -0.05) is 17.6 Å². The van der Waals surface area contributed by atoms with E-state index in [1.165, 1.54) is 0 Å². The Labute approximate surface area is 60.0 Å². The molecule has 10 heavy (non-hydrogen) atoms. The maximum atomic E-state index is 8.52. The number of rotatable bonds is 1. The molecule has 0 aliphatic heterocycles. The van der Waals surface area contributed by atoms with Crippen LogP contribution < -0.4 is 5.46 Å². The van der Waals surface area contributed by atoms with Gasteiger partial charge in [0.25, 0.3) is 0 Å². The SMILES string of the molecule is N#Cc1cccc([B]O)c1. The number of hydrogen-bond acceptors (Lipinski definition) is 2. The van der Waals surface area contributed by atoms with Crippen LogP contribution in [0.5, 0.6) is 0 Å². The molecule has 0 bridgehead atoms. The highest BCUT2D eigenvalue weighted by Gasteiger charge is 1.93. The molecule has 0 aliphatic carbocycles. The minimum absolute atomic E-state index is 0.558. The molecule has 3 heteroatoms. The number of benzene rings is 1. The van der Waals surface area contributed by atoms with E-state index in [1.54, 1.807) is 24.3 Å². The van der Waals surface area contributed by atoms with Crippen molar-refractivity contribution in [2.24, 2.45) is 0 Å². The van der Waals surface area contributed by atoms with Crippen LogP contribution in [0.4, 0.5) is 0 Å². The maximum absolute atomic E-state index is 8.52. The molecule has 2 nitrogen and oxygen atoms in total. The molecule has 0 spiro atoms. The van der Waals surface area contributed by atoms with Gasteiger partial charge in [-0.25, -0.2) is 0 Å². The zero-order valence-corrected chi connectivity index (χ0v) is 5.28. The first-order chi connectivity index (χ1) is 4.86. The Hall–Kier alpha value is -1.27. The van der Waals surface area contributed by atoms with Gasteiger partial charge in [0.1, 0.15) is 0 Å². The standard InChI is InChI=1S/C7H5BNO/c9-5-6-2-1-3-7(4-6)8-10/h1-4,10H. The van der Waals surface area contributed by atoms with E-state index in [9.17, 15) is 0 Å². The lowest BCUT2D eigenvalue weighted by Gasteiger charge is -1.91. The lowest BCUT2D eigenvalue weighted by atomic mass is 9.88. The van der Waals surface area contributed by atoms with Gasteiger partial charge in [0, 0.05) is 0 Å². The van der Waals surface area contributed by atoms with Gasteiger partial charge in [0.2, 0.25) is 0 Å². The quantitative estimate of drug-likeness (QED) is 0.534. The lowest BCUT2D eigenvalue weighted by Crippen LogP contribution is -2.12. The Kier molecular flexibility index (Phi) is 2.09. The number of nitrogens with zero attached hydrogens (tertiary/aromatic N) is 1. The summed E-state index contributed by atoms with van der Waals surface area (Å²) in [4.78, 5) is 0. The second-order valence-electron chi connectivity index (χ2n) is 1.87. The second kappa shape index (κ2) is 3.04. The summed E-state index contributed by atoms with van der Waals surface area (Å²) in [5.74, 6) is 0. The average molecular weight is 130 g/mol. The number of nitriles is 1. The zero-order chi connectivity index (χ0) is 7.40. The molecule has 0 saturated carbocycles. The van der Waals surface area contributed by atoms with Crippen molar-refractivity contribution in [2.45, 2.75) is 0 Å². The summed E-state index contributed by atoms with van der Waals surface area (Å²) in [6.45, 7) is 0. The van der Waals surface area contributed by atoms with Gasteiger partial charge in [-0.2, -0.15) is 5.26 Å². The zero-order valence-electron chi connectivity index (χ0n) is 5.28. The molecule has 0 saturated heterocycles. The van der Waals surface area contributed by atoms with Crippen LogP contribution >= 0.6 is 0 Å². The summed E-state index contributed by atoms with van der Waals surface area (Å²) >= 11 is 0. The molecule has 0 amide bonds. The first kappa shape index (κ1) is 6.85. The number of hydrogen-bond donors (Lipinski definition) is 1. The van der Waals surface area contributed by atoms with E-state index < -0.39 is 0 Å². The fourth-order valence-electron chi connectivity index (χ4n) is 0.689. The van der Waals surface area contributed by atoms with Crippen molar-refractivity contribution in [3.63, 3.8) is 0 Å². The van der Waals surface area contributed by atoms with E-state index in [-0.39, 0.29) is 0 Å². The van der Waals surface area contributed by atoms with E-state index >= 15 is 0 Å². The van der Waals surface area contributed by atoms with Gasteiger partial charge in [0.15, 0.2) is 0 Å². The Balaban J connectivity index is 3.01. The minimum atomic E-state index is 0.558. The van der Waals surface area contributed by atoms with Gasteiger partial charge < -0.3 is 5.02 Å². The van der Waals surface area contributed by atoms with Crippen molar-refractivity contribution in [2.75, 3.05) is 0 Å². The van der Waals surface area contributed by atoms with Crippen molar-refractivity contribution in [3.05, 3.63) is 29.8 Å². The van der Waals surface area contributed by atoms with Gasteiger partial charge in [0.05, 0.1) is 11.6 Å². The molecular weight excluding hydrogens is 125 g/mol. The van der Waals surface area contributed by atoms with Gasteiger partial charge in [-0.15, -0.1) is 0 Å². The van der Waals surface area contributed by atoms with Crippen LogP contribution in [0.25, 0.3) is 0 Å². The molecule has 1 N–H and O–H groups in total. The highest BCUT2D eigenvalue weighted by atomic mass is 16.2. The first-order valence-corrected chi connectivity index (χ1v) is 2.84. The average Bonchev–Trinajstić information content (AvgIpc) is 2.05. The van der Waals surface area contributed by atoms with Gasteiger partial charge in [-0.05, 0) is 12.1 Å². The predicted molar refractivity (Wildman–Crippen MR) is 38.8 cm³/mol. The van der Waals surface area contributed by atoms with E-state index in [1.807, 2.05) is 6.07 Å². The summed E-state index contributed by atoms with van der Waals surface area (Å²) < 4.78 is 0. The molecule has 0 heterocycles. The highest BCUT2D eigenvalue weighted by molar-refractivity contribution is 6.45. The van der Waals surface area contributed by atoms with Crippen LogP contribution in [-0.4, -0.2) is 12.5 Å². The molecule has 1 radical (unpaired) electrons. The summed E-state index contributed by atoms with van der Waals surface area (Å²) in [5, 5.41) is 16.9. The van der Waals surface area contributed by atoms with E-state index in [0.29, 0.717) is 11.0 Å². The van der Waals surface area contributed by atoms with E-state index in [0.717, 1.165) is 7.48 Å². The summed E-state index contributed by atoms with van der Waals surface area (Å²) in [5.41, 5.74) is 1.21. The molecule has 0 aromatic heterocycles. The largest absolute Gasteiger partial charge is 0.450 e. The maximum Gasteiger partial charge on any atom is 0.326 e. The van der Waals surface area contributed by atoms with Crippen molar-refractivity contribution in [1.29, 1.82) is 5.26 Å². The van der Waals surface area contributed by atoms with Crippen molar-refractivity contribution >= 4 is 12.9 Å². The third-order valence-electron chi connectivity index (χ3n) is 1.16. The smallest absolute Gasteiger partial charge is 0.326 e.